The van der Waals surface area contributed by atoms with Crippen LogP contribution in [0.3, 0.4) is 0 Å². The van der Waals surface area contributed by atoms with Crippen LogP contribution in [0.4, 0.5) is 11.4 Å². The molecule has 0 N–H and O–H groups in total. The molecule has 2 aromatic rings. The Morgan fingerprint density at radius 3 is 2.81 bits per heavy atom. The van der Waals surface area contributed by atoms with Crippen LogP contribution in [0.5, 0.6) is 0 Å². The van der Waals surface area contributed by atoms with E-state index < -0.39 is 0 Å². The van der Waals surface area contributed by atoms with E-state index in [0.717, 1.165) is 29.9 Å². The molecule has 0 aliphatic carbocycles. The van der Waals surface area contributed by atoms with Gasteiger partial charge in [0.25, 0.3) is 5.91 Å². The summed E-state index contributed by atoms with van der Waals surface area (Å²) in [5.41, 5.74) is 4.04. The predicted octanol–water partition coefficient (Wildman–Crippen LogP) is 4.81. The number of fused-ring (bicyclic) bond motifs is 1. The lowest BCUT2D eigenvalue weighted by Crippen LogP contribution is -2.45. The van der Waals surface area contributed by atoms with Gasteiger partial charge < -0.3 is 0 Å². The second-order valence-electron chi connectivity index (χ2n) is 7.61. The van der Waals surface area contributed by atoms with Gasteiger partial charge in [0.15, 0.2) is 0 Å². The van der Waals surface area contributed by atoms with Gasteiger partial charge in [-0.1, -0.05) is 42.8 Å². The number of anilines is 1. The molecule has 140 valence electrons. The summed E-state index contributed by atoms with van der Waals surface area (Å²) >= 11 is 6.24. The number of aryl methyl sites for hydroxylation is 1. The Balaban J connectivity index is 1.67. The number of hydrogen-bond donors (Lipinski definition) is 0. The molecule has 4 nitrogen and oxygen atoms in total. The fourth-order valence-corrected chi connectivity index (χ4v) is 4.08. The molecule has 0 spiro atoms. The first kappa shape index (κ1) is 18.2. The minimum absolute atomic E-state index is 0.0360. The summed E-state index contributed by atoms with van der Waals surface area (Å²) in [7, 11) is 0. The summed E-state index contributed by atoms with van der Waals surface area (Å²) in [6.07, 6.45) is 2.45. The number of halogens is 1. The summed E-state index contributed by atoms with van der Waals surface area (Å²) in [5.74, 6) is 0.640. The first-order valence-electron chi connectivity index (χ1n) is 9.51. The van der Waals surface area contributed by atoms with Gasteiger partial charge in [0.05, 0.1) is 18.0 Å². The highest BCUT2D eigenvalue weighted by molar-refractivity contribution is 6.54. The zero-order chi connectivity index (χ0) is 19.0. The quantitative estimate of drug-likeness (QED) is 0.765. The van der Waals surface area contributed by atoms with Gasteiger partial charge in [-0.25, -0.2) is 4.99 Å². The van der Waals surface area contributed by atoms with E-state index in [1.807, 2.05) is 54.3 Å². The third kappa shape index (κ3) is 3.64. The fraction of sp³-hybridized carbons (Fsp3) is 0.364. The van der Waals surface area contributed by atoms with E-state index in [4.69, 9.17) is 11.6 Å². The summed E-state index contributed by atoms with van der Waals surface area (Å²) in [6.45, 7) is 6.92. The molecule has 1 fully saturated rings. The second kappa shape index (κ2) is 7.45. The minimum Gasteiger partial charge on any atom is -0.293 e. The van der Waals surface area contributed by atoms with Gasteiger partial charge in [0, 0.05) is 17.1 Å². The lowest BCUT2D eigenvalue weighted by atomic mass is 10.0. The molecule has 0 bridgehead atoms. The van der Waals surface area contributed by atoms with Crippen molar-refractivity contribution in [2.45, 2.75) is 26.7 Å². The maximum atomic E-state index is 13.2. The number of amides is 1. The van der Waals surface area contributed by atoms with E-state index in [-0.39, 0.29) is 5.91 Å². The maximum Gasteiger partial charge on any atom is 0.278 e. The van der Waals surface area contributed by atoms with Gasteiger partial charge >= 0.3 is 0 Å². The third-order valence-electron chi connectivity index (χ3n) is 5.38. The van der Waals surface area contributed by atoms with Crippen LogP contribution in [0.1, 0.15) is 30.9 Å². The van der Waals surface area contributed by atoms with E-state index in [2.05, 4.69) is 16.8 Å². The average Bonchev–Trinajstić information content (AvgIpc) is 2.91. The van der Waals surface area contributed by atoms with Crippen LogP contribution in [-0.4, -0.2) is 36.3 Å². The first-order chi connectivity index (χ1) is 13.0. The third-order valence-corrected chi connectivity index (χ3v) is 5.78. The van der Waals surface area contributed by atoms with Crippen molar-refractivity contribution < 1.29 is 4.79 Å². The van der Waals surface area contributed by atoms with Gasteiger partial charge in [0.2, 0.25) is 0 Å². The van der Waals surface area contributed by atoms with Crippen molar-refractivity contribution in [1.29, 1.82) is 0 Å². The Morgan fingerprint density at radius 2 is 2.04 bits per heavy atom. The highest BCUT2D eigenvalue weighted by Gasteiger charge is 2.35. The lowest BCUT2D eigenvalue weighted by molar-refractivity contribution is -0.112. The summed E-state index contributed by atoms with van der Waals surface area (Å²) in [6, 6.07) is 13.6. The Bertz CT molecular complexity index is 908. The molecule has 1 amide bonds. The van der Waals surface area contributed by atoms with Crippen molar-refractivity contribution in [1.82, 2.24) is 4.90 Å². The van der Waals surface area contributed by atoms with Crippen molar-refractivity contribution in [2.24, 2.45) is 10.9 Å². The number of piperidine rings is 1. The first-order valence-corrected chi connectivity index (χ1v) is 9.89. The number of likely N-dealkylation sites (tertiary alicyclic amines) is 1. The van der Waals surface area contributed by atoms with Crippen LogP contribution in [0.15, 0.2) is 47.5 Å². The maximum absolute atomic E-state index is 13.2. The Morgan fingerprint density at radius 1 is 1.22 bits per heavy atom. The number of rotatable bonds is 3. The van der Waals surface area contributed by atoms with Crippen molar-refractivity contribution >= 4 is 34.6 Å². The predicted molar refractivity (Wildman–Crippen MR) is 111 cm³/mol. The number of carbonyl (C=O) groups is 1. The molecule has 27 heavy (non-hydrogen) atoms. The molecule has 5 heteroatoms. The second-order valence-corrected chi connectivity index (χ2v) is 8.02. The normalized spacial score (nSPS) is 21.7. The van der Waals surface area contributed by atoms with Crippen LogP contribution in [-0.2, 0) is 4.79 Å². The molecule has 0 saturated carbocycles. The Kier molecular flexibility index (Phi) is 5.02. The highest BCUT2D eigenvalue weighted by Crippen LogP contribution is 2.32. The topological polar surface area (TPSA) is 35.9 Å². The van der Waals surface area contributed by atoms with E-state index in [1.165, 1.54) is 12.8 Å². The summed E-state index contributed by atoms with van der Waals surface area (Å²) in [4.78, 5) is 22.1. The molecule has 2 aliphatic rings. The molecule has 4 rings (SSSR count). The number of aliphatic imine (C=N–C) groups is 1. The SMILES string of the molecule is Cc1ccc(N=C2C(=O)N(CN3CCCC(C)C3)c3ccccc32)cc1Cl. The molecule has 2 aliphatic heterocycles. The summed E-state index contributed by atoms with van der Waals surface area (Å²) in [5, 5.41) is 0.662. The van der Waals surface area contributed by atoms with Crippen molar-refractivity contribution in [3.63, 3.8) is 0 Å². The van der Waals surface area contributed by atoms with Crippen LogP contribution in [0.2, 0.25) is 5.02 Å². The van der Waals surface area contributed by atoms with Crippen molar-refractivity contribution in [3.05, 3.63) is 58.6 Å². The van der Waals surface area contributed by atoms with E-state index >= 15 is 0 Å². The van der Waals surface area contributed by atoms with Gasteiger partial charge in [-0.2, -0.15) is 0 Å². The monoisotopic (exact) mass is 381 g/mol. The highest BCUT2D eigenvalue weighted by atomic mass is 35.5. The molecule has 0 radical (unpaired) electrons. The zero-order valence-electron chi connectivity index (χ0n) is 15.8. The number of para-hydroxylation sites is 1. The van der Waals surface area contributed by atoms with Crippen LogP contribution in [0.25, 0.3) is 0 Å². The van der Waals surface area contributed by atoms with Gasteiger partial charge in [0.1, 0.15) is 5.71 Å². The molecule has 2 heterocycles. The number of benzene rings is 2. The number of nitrogens with zero attached hydrogens (tertiary/aromatic N) is 3. The molecule has 2 aromatic carbocycles. The van der Waals surface area contributed by atoms with Gasteiger partial charge in [-0.05, 0) is 56.0 Å². The zero-order valence-corrected chi connectivity index (χ0v) is 16.5. The van der Waals surface area contributed by atoms with Crippen molar-refractivity contribution in [3.8, 4) is 0 Å². The Labute approximate surface area is 165 Å². The number of hydrogen-bond acceptors (Lipinski definition) is 3. The largest absolute Gasteiger partial charge is 0.293 e. The lowest BCUT2D eigenvalue weighted by Gasteiger charge is -2.33. The summed E-state index contributed by atoms with van der Waals surface area (Å²) < 4.78 is 0. The standard InChI is InChI=1S/C22H24ClN3O/c1-15-6-5-11-25(13-15)14-26-20-8-4-3-7-18(20)21(22(26)27)24-17-10-9-16(2)19(23)12-17/h3-4,7-10,12,15H,5-6,11,13-14H2,1-2H3. The van der Waals surface area contributed by atoms with Gasteiger partial charge in [-0.3, -0.25) is 14.6 Å². The van der Waals surface area contributed by atoms with Crippen molar-refractivity contribution in [2.75, 3.05) is 24.7 Å². The molecular formula is C22H24ClN3O. The average molecular weight is 382 g/mol. The van der Waals surface area contributed by atoms with E-state index in [0.29, 0.717) is 29.0 Å². The Hall–Kier alpha value is -2.17. The number of carbonyl (C=O) groups excluding carboxylic acids is 1. The van der Waals surface area contributed by atoms with Crippen LogP contribution >= 0.6 is 11.6 Å². The molecule has 1 saturated heterocycles. The van der Waals surface area contributed by atoms with Gasteiger partial charge in [-0.15, -0.1) is 0 Å². The molecule has 1 atom stereocenters. The molecular weight excluding hydrogens is 358 g/mol. The fourth-order valence-electron chi connectivity index (χ4n) is 3.91. The molecule has 1 unspecified atom stereocenters. The van der Waals surface area contributed by atoms with E-state index in [9.17, 15) is 4.79 Å². The van der Waals surface area contributed by atoms with Crippen LogP contribution < -0.4 is 4.90 Å². The smallest absolute Gasteiger partial charge is 0.278 e. The van der Waals surface area contributed by atoms with E-state index in [1.54, 1.807) is 0 Å². The minimum atomic E-state index is -0.0360. The van der Waals surface area contributed by atoms with Crippen LogP contribution in [0, 0.1) is 12.8 Å². The molecule has 0 aromatic heterocycles.